The van der Waals surface area contributed by atoms with Gasteiger partial charge in [0.1, 0.15) is 18.3 Å². The highest BCUT2D eigenvalue weighted by molar-refractivity contribution is 5.88. The third-order valence-electron chi connectivity index (χ3n) is 3.54. The van der Waals surface area contributed by atoms with Crippen LogP contribution in [0, 0.1) is 0 Å². The van der Waals surface area contributed by atoms with Gasteiger partial charge in [-0.2, -0.15) is 0 Å². The predicted octanol–water partition coefficient (Wildman–Crippen LogP) is -5.23. The summed E-state index contributed by atoms with van der Waals surface area (Å²) in [7, 11) is 0. The van der Waals surface area contributed by atoms with Crippen molar-refractivity contribution in [3.63, 3.8) is 0 Å². The molecular formula is C10H19N3O8. The van der Waals surface area contributed by atoms with Crippen LogP contribution in [0.3, 0.4) is 0 Å². The largest absolute Gasteiger partial charge is 0.480 e. The zero-order valence-electron chi connectivity index (χ0n) is 10.9. The topological polar surface area (TPSA) is 223 Å². The van der Waals surface area contributed by atoms with E-state index in [-0.39, 0.29) is 0 Å². The van der Waals surface area contributed by atoms with Crippen molar-refractivity contribution in [2.24, 2.45) is 17.2 Å². The van der Waals surface area contributed by atoms with Crippen LogP contribution in [-0.4, -0.2) is 79.7 Å². The van der Waals surface area contributed by atoms with E-state index < -0.39 is 60.6 Å². The average molecular weight is 309 g/mol. The first-order chi connectivity index (χ1) is 9.51. The second-order valence-electron chi connectivity index (χ2n) is 4.96. The molecule has 0 spiro atoms. The van der Waals surface area contributed by atoms with Gasteiger partial charge in [-0.25, -0.2) is 4.79 Å². The summed E-state index contributed by atoms with van der Waals surface area (Å²) in [5.74, 6) is -5.97. The zero-order chi connectivity index (χ0) is 16.6. The van der Waals surface area contributed by atoms with E-state index in [0.29, 0.717) is 0 Å². The lowest BCUT2D eigenvalue weighted by atomic mass is 9.76. The van der Waals surface area contributed by atoms with Crippen molar-refractivity contribution in [3.8, 4) is 0 Å². The number of aliphatic carboxylic acids is 1. The fourth-order valence-corrected chi connectivity index (χ4v) is 2.22. The number of rotatable bonds is 5. The number of carbonyl (C=O) groups excluding carboxylic acids is 1. The number of hydrogen-bond donors (Lipinski definition) is 8. The van der Waals surface area contributed by atoms with Crippen LogP contribution < -0.4 is 17.2 Å². The number of aliphatic hydroxyl groups is 4. The van der Waals surface area contributed by atoms with Crippen molar-refractivity contribution < 1.29 is 39.9 Å². The Kier molecular flexibility index (Phi) is 4.90. The van der Waals surface area contributed by atoms with Gasteiger partial charge in [-0.3, -0.25) is 4.79 Å². The Morgan fingerprint density at radius 2 is 1.81 bits per heavy atom. The molecule has 0 aromatic heterocycles. The highest BCUT2D eigenvalue weighted by Gasteiger charge is 2.65. The molecule has 1 heterocycles. The maximum absolute atomic E-state index is 11.4. The molecule has 0 unspecified atom stereocenters. The average Bonchev–Trinajstić information content (AvgIpc) is 2.39. The minimum Gasteiger partial charge on any atom is -0.480 e. The van der Waals surface area contributed by atoms with Gasteiger partial charge in [-0.15, -0.1) is 0 Å². The molecule has 1 saturated heterocycles. The van der Waals surface area contributed by atoms with E-state index in [9.17, 15) is 30.0 Å². The van der Waals surface area contributed by atoms with E-state index >= 15 is 0 Å². The first kappa shape index (κ1) is 17.7. The van der Waals surface area contributed by atoms with Gasteiger partial charge in [-0.1, -0.05) is 0 Å². The Hall–Kier alpha value is -1.34. The molecule has 0 radical (unpaired) electrons. The number of primary amides is 1. The maximum Gasteiger partial charge on any atom is 0.329 e. The van der Waals surface area contributed by atoms with E-state index in [1.807, 2.05) is 0 Å². The van der Waals surface area contributed by atoms with Gasteiger partial charge >= 0.3 is 5.97 Å². The summed E-state index contributed by atoms with van der Waals surface area (Å²) in [6, 6.07) is -1.87. The van der Waals surface area contributed by atoms with Crippen molar-refractivity contribution in [3.05, 3.63) is 0 Å². The number of carboxylic acid groups (broad SMARTS) is 1. The fourth-order valence-electron chi connectivity index (χ4n) is 2.22. The molecule has 1 aliphatic heterocycles. The van der Waals surface area contributed by atoms with Crippen molar-refractivity contribution in [1.82, 2.24) is 0 Å². The molecule has 1 aliphatic rings. The molecule has 21 heavy (non-hydrogen) atoms. The van der Waals surface area contributed by atoms with Gasteiger partial charge in [-0.05, 0) is 0 Å². The number of carboxylic acids is 1. The lowest BCUT2D eigenvalue weighted by Gasteiger charge is -2.51. The summed E-state index contributed by atoms with van der Waals surface area (Å²) in [4.78, 5) is 22.4. The number of hydrogen-bond acceptors (Lipinski definition) is 9. The number of amides is 1. The van der Waals surface area contributed by atoms with Crippen LogP contribution in [0.1, 0.15) is 6.42 Å². The minimum atomic E-state index is -2.94. The molecule has 122 valence electrons. The Bertz CT molecular complexity index is 433. The smallest absolute Gasteiger partial charge is 0.329 e. The third kappa shape index (κ3) is 2.72. The molecule has 0 aromatic carbocycles. The molecule has 1 fully saturated rings. The van der Waals surface area contributed by atoms with E-state index in [4.69, 9.17) is 27.0 Å². The van der Waals surface area contributed by atoms with Crippen molar-refractivity contribution in [2.45, 2.75) is 42.1 Å². The number of nitrogens with two attached hydrogens (primary N) is 3. The van der Waals surface area contributed by atoms with Crippen LogP contribution in [-0.2, 0) is 14.3 Å². The lowest BCUT2D eigenvalue weighted by molar-refractivity contribution is -0.335. The summed E-state index contributed by atoms with van der Waals surface area (Å²) < 4.78 is 4.90. The van der Waals surface area contributed by atoms with Gasteiger partial charge in [0, 0.05) is 0 Å². The van der Waals surface area contributed by atoms with E-state index in [2.05, 4.69) is 0 Å². The lowest BCUT2D eigenvalue weighted by Crippen LogP contribution is -2.80. The molecule has 1 amide bonds. The fraction of sp³-hybridized carbons (Fsp3) is 0.800. The molecule has 0 bridgehead atoms. The summed E-state index contributed by atoms with van der Waals surface area (Å²) in [6.07, 6.45) is -6.14. The number of carbonyl (C=O) groups is 2. The number of ether oxygens (including phenoxy) is 1. The van der Waals surface area contributed by atoms with Crippen LogP contribution in [0.4, 0.5) is 0 Å². The molecule has 0 aromatic rings. The van der Waals surface area contributed by atoms with Crippen LogP contribution in [0.5, 0.6) is 0 Å². The zero-order valence-corrected chi connectivity index (χ0v) is 10.9. The van der Waals surface area contributed by atoms with Crippen LogP contribution >= 0.6 is 0 Å². The normalized spacial score (nSPS) is 39.5. The van der Waals surface area contributed by atoms with Gasteiger partial charge in [0.2, 0.25) is 11.7 Å². The van der Waals surface area contributed by atoms with Gasteiger partial charge in [0.05, 0.1) is 19.1 Å². The quantitative estimate of drug-likeness (QED) is 0.241. The second-order valence-corrected chi connectivity index (χ2v) is 4.96. The Morgan fingerprint density at radius 3 is 2.19 bits per heavy atom. The Labute approximate surface area is 118 Å². The molecular weight excluding hydrogens is 290 g/mol. The molecule has 6 atom stereocenters. The summed E-state index contributed by atoms with van der Waals surface area (Å²) in [5.41, 5.74) is 13.2. The SMILES string of the molecule is NC(=O)C[C@](N)(C(=O)O)[C@@]1(O)O[C@H](CO)[C@@H](O)[C@H](O)[C@H]1N. The van der Waals surface area contributed by atoms with E-state index in [1.54, 1.807) is 0 Å². The second kappa shape index (κ2) is 5.81. The molecule has 0 saturated carbocycles. The van der Waals surface area contributed by atoms with Crippen molar-refractivity contribution >= 4 is 11.9 Å². The standard InChI is InChI=1S/C10H19N3O8/c11-4(15)1-9(13,8(18)19)10(20)7(12)6(17)5(16)3(2-14)21-10/h3,5-7,14,16-17,20H,1-2,12-13H2,(H2,11,15)(H,18,19)/t3-,5-,6+,7-,9+,10+/m1/s1. The van der Waals surface area contributed by atoms with E-state index in [0.717, 1.165) is 0 Å². The summed E-state index contributed by atoms with van der Waals surface area (Å²) in [6.45, 7) is -0.862. The summed E-state index contributed by atoms with van der Waals surface area (Å²) >= 11 is 0. The highest BCUT2D eigenvalue weighted by atomic mass is 16.7. The predicted molar refractivity (Wildman–Crippen MR) is 65.3 cm³/mol. The molecule has 11 N–H and O–H groups in total. The van der Waals surface area contributed by atoms with Crippen LogP contribution in [0.25, 0.3) is 0 Å². The van der Waals surface area contributed by atoms with Gasteiger partial charge < -0.3 is 47.5 Å². The van der Waals surface area contributed by atoms with Crippen LogP contribution in [0.15, 0.2) is 0 Å². The highest BCUT2D eigenvalue weighted by Crippen LogP contribution is 2.36. The van der Waals surface area contributed by atoms with Crippen LogP contribution in [0.2, 0.25) is 0 Å². The van der Waals surface area contributed by atoms with Crippen molar-refractivity contribution in [2.75, 3.05) is 6.61 Å². The molecule has 11 heteroatoms. The summed E-state index contributed by atoms with van der Waals surface area (Å²) in [5, 5.41) is 48.1. The molecule has 1 rings (SSSR count). The number of aliphatic hydroxyl groups excluding tert-OH is 3. The third-order valence-corrected chi connectivity index (χ3v) is 3.54. The molecule has 11 nitrogen and oxygen atoms in total. The van der Waals surface area contributed by atoms with Crippen molar-refractivity contribution in [1.29, 1.82) is 0 Å². The van der Waals surface area contributed by atoms with Gasteiger partial charge in [0.25, 0.3) is 0 Å². The minimum absolute atomic E-state index is 0.862. The molecule has 0 aliphatic carbocycles. The monoisotopic (exact) mass is 309 g/mol. The Morgan fingerprint density at radius 1 is 1.29 bits per heavy atom. The van der Waals surface area contributed by atoms with Gasteiger partial charge in [0.15, 0.2) is 5.54 Å². The first-order valence-corrected chi connectivity index (χ1v) is 5.94. The maximum atomic E-state index is 11.4. The van der Waals surface area contributed by atoms with E-state index in [1.165, 1.54) is 0 Å². The first-order valence-electron chi connectivity index (χ1n) is 5.94. The Balaban J connectivity index is 3.32.